The number of nitrogens with zero attached hydrogens (tertiary/aromatic N) is 2. The fraction of sp³-hybridized carbons (Fsp3) is 0.100. The van der Waals surface area contributed by atoms with Gasteiger partial charge in [0.1, 0.15) is 5.82 Å². The van der Waals surface area contributed by atoms with Gasteiger partial charge in [-0.3, -0.25) is 4.79 Å². The summed E-state index contributed by atoms with van der Waals surface area (Å²) in [4.78, 5) is 31.7. The molecule has 3 aromatic rings. The van der Waals surface area contributed by atoms with E-state index in [2.05, 4.69) is 25.9 Å². The Labute approximate surface area is 162 Å². The Kier molecular flexibility index (Phi) is 5.81. The molecule has 1 aromatic heterocycles. The Hall–Kier alpha value is -3.94. The second-order valence-electron chi connectivity index (χ2n) is 5.81. The van der Waals surface area contributed by atoms with E-state index in [4.69, 9.17) is 4.74 Å². The first-order valence-electron chi connectivity index (χ1n) is 8.47. The highest BCUT2D eigenvalue weighted by molar-refractivity contribution is 5.96. The van der Waals surface area contributed by atoms with Gasteiger partial charge in [0, 0.05) is 24.5 Å². The summed E-state index contributed by atoms with van der Waals surface area (Å²) in [5, 5.41) is 8.91. The zero-order valence-electron chi connectivity index (χ0n) is 15.4. The molecule has 0 aliphatic carbocycles. The smallest absolute Gasteiger partial charge is 0.339 e. The number of para-hydroxylation sites is 1. The lowest BCUT2D eigenvalue weighted by Gasteiger charge is -2.11. The molecule has 0 aliphatic rings. The number of carbonyl (C=O) groups excluding carboxylic acids is 2. The lowest BCUT2D eigenvalue weighted by atomic mass is 10.2. The van der Waals surface area contributed by atoms with E-state index in [1.807, 2.05) is 18.2 Å². The van der Waals surface area contributed by atoms with E-state index < -0.39 is 5.97 Å². The van der Waals surface area contributed by atoms with E-state index >= 15 is 0 Å². The molecule has 8 nitrogen and oxygen atoms in total. The van der Waals surface area contributed by atoms with Crippen molar-refractivity contribution in [3.8, 4) is 0 Å². The number of rotatable bonds is 6. The summed E-state index contributed by atoms with van der Waals surface area (Å²) in [6.07, 6.45) is 1.59. The molecule has 0 fully saturated rings. The topological polar surface area (TPSA) is 105 Å². The van der Waals surface area contributed by atoms with Crippen LogP contribution in [0.15, 0.2) is 60.8 Å². The van der Waals surface area contributed by atoms with Gasteiger partial charge in [0.25, 0.3) is 0 Å². The predicted octanol–water partition coefficient (Wildman–Crippen LogP) is 3.71. The highest BCUT2D eigenvalue weighted by Crippen LogP contribution is 2.22. The summed E-state index contributed by atoms with van der Waals surface area (Å²) >= 11 is 0. The van der Waals surface area contributed by atoms with Gasteiger partial charge >= 0.3 is 5.97 Å². The van der Waals surface area contributed by atoms with Gasteiger partial charge in [-0.1, -0.05) is 18.2 Å². The van der Waals surface area contributed by atoms with Crippen LogP contribution in [-0.2, 0) is 9.53 Å². The number of aromatic nitrogens is 2. The number of carbonyl (C=O) groups is 2. The van der Waals surface area contributed by atoms with Crippen molar-refractivity contribution >= 4 is 40.7 Å². The van der Waals surface area contributed by atoms with Crippen LogP contribution in [-0.4, -0.2) is 29.0 Å². The van der Waals surface area contributed by atoms with E-state index in [1.165, 1.54) is 14.0 Å². The molecule has 0 bridgehead atoms. The number of hydrogen-bond acceptors (Lipinski definition) is 7. The molecule has 1 amide bonds. The van der Waals surface area contributed by atoms with Gasteiger partial charge in [0.2, 0.25) is 11.9 Å². The van der Waals surface area contributed by atoms with Crippen molar-refractivity contribution in [3.63, 3.8) is 0 Å². The van der Waals surface area contributed by atoms with E-state index in [0.29, 0.717) is 28.7 Å². The van der Waals surface area contributed by atoms with E-state index in [1.54, 1.807) is 42.6 Å². The number of esters is 1. The molecule has 0 saturated heterocycles. The molecule has 142 valence electrons. The second kappa shape index (κ2) is 8.63. The average Bonchev–Trinajstić information content (AvgIpc) is 2.68. The summed E-state index contributed by atoms with van der Waals surface area (Å²) in [6.45, 7) is 1.45. The van der Waals surface area contributed by atoms with Crippen LogP contribution in [0.2, 0.25) is 0 Å². The van der Waals surface area contributed by atoms with Gasteiger partial charge in [-0.2, -0.15) is 4.98 Å². The third-order valence-electron chi connectivity index (χ3n) is 3.69. The fourth-order valence-electron chi connectivity index (χ4n) is 2.51. The van der Waals surface area contributed by atoms with Crippen molar-refractivity contribution < 1.29 is 14.3 Å². The zero-order chi connectivity index (χ0) is 19.9. The average molecular weight is 377 g/mol. The third-order valence-corrected chi connectivity index (χ3v) is 3.69. The SMILES string of the molecule is COC(=O)c1ccccc1Nc1ccnc(Nc2cccc(NC(C)=O)c2)n1. The summed E-state index contributed by atoms with van der Waals surface area (Å²) in [7, 11) is 1.33. The van der Waals surface area contributed by atoms with Crippen LogP contribution >= 0.6 is 0 Å². The van der Waals surface area contributed by atoms with Crippen LogP contribution < -0.4 is 16.0 Å². The van der Waals surface area contributed by atoms with Crippen LogP contribution in [0.25, 0.3) is 0 Å². The quantitative estimate of drug-likeness (QED) is 0.562. The minimum atomic E-state index is -0.440. The number of nitrogens with one attached hydrogen (secondary N) is 3. The van der Waals surface area contributed by atoms with E-state index in [0.717, 1.165) is 5.69 Å². The zero-order valence-corrected chi connectivity index (χ0v) is 15.4. The Morgan fingerprint density at radius 1 is 0.964 bits per heavy atom. The van der Waals surface area contributed by atoms with E-state index in [9.17, 15) is 9.59 Å². The molecule has 0 radical (unpaired) electrons. The highest BCUT2D eigenvalue weighted by atomic mass is 16.5. The van der Waals surface area contributed by atoms with Crippen LogP contribution in [0.4, 0.5) is 28.8 Å². The normalized spacial score (nSPS) is 10.1. The lowest BCUT2D eigenvalue weighted by molar-refractivity contribution is -0.114. The Morgan fingerprint density at radius 2 is 1.75 bits per heavy atom. The van der Waals surface area contributed by atoms with Gasteiger partial charge in [-0.15, -0.1) is 0 Å². The number of hydrogen-bond donors (Lipinski definition) is 3. The Bertz CT molecular complexity index is 1010. The van der Waals surface area contributed by atoms with Gasteiger partial charge in [0.05, 0.1) is 18.4 Å². The van der Waals surface area contributed by atoms with Gasteiger partial charge in [-0.05, 0) is 36.4 Å². The van der Waals surface area contributed by atoms with Crippen LogP contribution in [0, 0.1) is 0 Å². The van der Waals surface area contributed by atoms with E-state index in [-0.39, 0.29) is 5.91 Å². The molecule has 3 rings (SSSR count). The number of ether oxygens (including phenoxy) is 1. The number of amides is 1. The molecule has 3 N–H and O–H groups in total. The maximum absolute atomic E-state index is 11.9. The van der Waals surface area contributed by atoms with Gasteiger partial charge in [0.15, 0.2) is 0 Å². The van der Waals surface area contributed by atoms with Crippen molar-refractivity contribution in [2.24, 2.45) is 0 Å². The molecule has 0 atom stereocenters. The lowest BCUT2D eigenvalue weighted by Crippen LogP contribution is -2.07. The minimum Gasteiger partial charge on any atom is -0.465 e. The summed E-state index contributed by atoms with van der Waals surface area (Å²) in [5.41, 5.74) is 2.37. The monoisotopic (exact) mass is 377 g/mol. The molecular formula is C20H19N5O3. The molecule has 0 aliphatic heterocycles. The maximum Gasteiger partial charge on any atom is 0.339 e. The maximum atomic E-state index is 11.9. The molecule has 8 heteroatoms. The molecule has 0 saturated carbocycles. The second-order valence-corrected chi connectivity index (χ2v) is 5.81. The molecule has 28 heavy (non-hydrogen) atoms. The first kappa shape index (κ1) is 18.8. The van der Waals surface area contributed by atoms with Gasteiger partial charge < -0.3 is 20.7 Å². The summed E-state index contributed by atoms with van der Waals surface area (Å²) in [5.74, 6) is 0.279. The summed E-state index contributed by atoms with van der Waals surface area (Å²) < 4.78 is 4.80. The molecule has 2 aromatic carbocycles. The standard InChI is InChI=1S/C20H19N5O3/c1-13(26)22-14-6-5-7-15(12-14)23-20-21-11-10-18(25-20)24-17-9-4-3-8-16(17)19(27)28-2/h3-12H,1-2H3,(H,22,26)(H2,21,23,24,25). The van der Waals surface area contributed by atoms with Crippen LogP contribution in [0.5, 0.6) is 0 Å². The Morgan fingerprint density at radius 3 is 2.54 bits per heavy atom. The number of anilines is 5. The van der Waals surface area contributed by atoms with Crippen molar-refractivity contribution in [3.05, 3.63) is 66.4 Å². The van der Waals surface area contributed by atoms with Crippen molar-refractivity contribution in [2.45, 2.75) is 6.92 Å². The molecule has 0 unspecified atom stereocenters. The number of methoxy groups -OCH3 is 1. The predicted molar refractivity (Wildman–Crippen MR) is 107 cm³/mol. The van der Waals surface area contributed by atoms with Crippen molar-refractivity contribution in [1.82, 2.24) is 9.97 Å². The van der Waals surface area contributed by atoms with Crippen molar-refractivity contribution in [1.29, 1.82) is 0 Å². The molecule has 1 heterocycles. The Balaban J connectivity index is 1.79. The molecular weight excluding hydrogens is 358 g/mol. The summed E-state index contributed by atoms with van der Waals surface area (Å²) in [6, 6.07) is 15.9. The van der Waals surface area contributed by atoms with Crippen molar-refractivity contribution in [2.75, 3.05) is 23.1 Å². The minimum absolute atomic E-state index is 0.149. The van der Waals surface area contributed by atoms with Crippen LogP contribution in [0.1, 0.15) is 17.3 Å². The van der Waals surface area contributed by atoms with Crippen LogP contribution in [0.3, 0.4) is 0 Å². The first-order chi connectivity index (χ1) is 13.5. The van der Waals surface area contributed by atoms with Gasteiger partial charge in [-0.25, -0.2) is 9.78 Å². The highest BCUT2D eigenvalue weighted by Gasteiger charge is 2.11. The fourth-order valence-corrected chi connectivity index (χ4v) is 2.51. The third kappa shape index (κ3) is 4.82. The number of benzene rings is 2. The first-order valence-corrected chi connectivity index (χ1v) is 8.47. The molecule has 0 spiro atoms. The largest absolute Gasteiger partial charge is 0.465 e.